The summed E-state index contributed by atoms with van der Waals surface area (Å²) < 4.78 is 28.3. The van der Waals surface area contributed by atoms with Crippen molar-refractivity contribution in [3.05, 3.63) is 47.2 Å². The summed E-state index contributed by atoms with van der Waals surface area (Å²) in [4.78, 5) is 7.10. The van der Waals surface area contributed by atoms with Crippen LogP contribution in [0.15, 0.2) is 35.4 Å². The average molecular weight is 374 g/mol. The van der Waals surface area contributed by atoms with Crippen molar-refractivity contribution in [3.8, 4) is 0 Å². The molecule has 3 rings (SSSR count). The lowest BCUT2D eigenvalue weighted by atomic mass is 10.1. The van der Waals surface area contributed by atoms with Gasteiger partial charge in [0.2, 0.25) is 0 Å². The van der Waals surface area contributed by atoms with Gasteiger partial charge in [-0.15, -0.1) is 0 Å². The first-order chi connectivity index (χ1) is 12.4. The monoisotopic (exact) mass is 373 g/mol. The maximum Gasteiger partial charge on any atom is 0.262 e. The van der Waals surface area contributed by atoms with Gasteiger partial charge in [-0.05, 0) is 56.9 Å². The molecule has 1 aromatic heterocycles. The molecule has 0 spiro atoms. The fraction of sp³-hybridized carbons (Fsp3) is 0.450. The SMILES string of the molecule is Cc1cc(C)c(S(=O)(=O)Nc2ccc(N3CCCCCC3)nc2)c(C)c1. The van der Waals surface area contributed by atoms with E-state index in [0.29, 0.717) is 10.6 Å². The first kappa shape index (κ1) is 18.7. The second kappa shape index (κ2) is 7.66. The summed E-state index contributed by atoms with van der Waals surface area (Å²) in [6.07, 6.45) is 6.51. The molecule has 0 amide bonds. The van der Waals surface area contributed by atoms with Crippen LogP contribution in [-0.4, -0.2) is 26.5 Å². The van der Waals surface area contributed by atoms with Crippen LogP contribution in [0.5, 0.6) is 0 Å². The van der Waals surface area contributed by atoms with Crippen LogP contribution in [0.1, 0.15) is 42.4 Å². The molecule has 6 heteroatoms. The zero-order valence-corrected chi connectivity index (χ0v) is 16.6. The quantitative estimate of drug-likeness (QED) is 0.873. The Bertz CT molecular complexity index is 845. The predicted molar refractivity (Wildman–Crippen MR) is 106 cm³/mol. The molecule has 0 saturated carbocycles. The third-order valence-corrected chi connectivity index (χ3v) is 6.49. The van der Waals surface area contributed by atoms with Gasteiger partial charge in [-0.25, -0.2) is 13.4 Å². The van der Waals surface area contributed by atoms with Gasteiger partial charge in [-0.1, -0.05) is 30.5 Å². The number of aryl methyl sites for hydroxylation is 3. The van der Waals surface area contributed by atoms with Gasteiger partial charge in [-0.2, -0.15) is 0 Å². The number of anilines is 2. The molecule has 26 heavy (non-hydrogen) atoms. The van der Waals surface area contributed by atoms with Crippen LogP contribution in [0.3, 0.4) is 0 Å². The van der Waals surface area contributed by atoms with Crippen molar-refractivity contribution in [1.82, 2.24) is 4.98 Å². The number of pyridine rings is 1. The standard InChI is InChI=1S/C20H27N3O2S/c1-15-12-16(2)20(17(3)13-15)26(24,25)22-18-8-9-19(21-14-18)23-10-6-4-5-7-11-23/h8-9,12-14,22H,4-7,10-11H2,1-3H3. The summed E-state index contributed by atoms with van der Waals surface area (Å²) in [7, 11) is -3.64. The Hall–Kier alpha value is -2.08. The van der Waals surface area contributed by atoms with Gasteiger partial charge in [0.15, 0.2) is 0 Å². The normalized spacial score (nSPS) is 15.6. The summed E-state index contributed by atoms with van der Waals surface area (Å²) in [5.74, 6) is 0.914. The molecular formula is C20H27N3O2S. The van der Waals surface area contributed by atoms with Crippen molar-refractivity contribution in [1.29, 1.82) is 0 Å². The molecule has 0 aliphatic carbocycles. The molecule has 2 heterocycles. The largest absolute Gasteiger partial charge is 0.357 e. The topological polar surface area (TPSA) is 62.3 Å². The Balaban J connectivity index is 1.80. The van der Waals surface area contributed by atoms with Crippen molar-refractivity contribution in [3.63, 3.8) is 0 Å². The number of nitrogens with one attached hydrogen (secondary N) is 1. The lowest BCUT2D eigenvalue weighted by Gasteiger charge is -2.21. The van der Waals surface area contributed by atoms with Gasteiger partial charge in [0.25, 0.3) is 10.0 Å². The van der Waals surface area contributed by atoms with Gasteiger partial charge >= 0.3 is 0 Å². The molecule has 140 valence electrons. The molecule has 5 nitrogen and oxygen atoms in total. The van der Waals surface area contributed by atoms with Crippen LogP contribution in [0, 0.1) is 20.8 Å². The number of aromatic nitrogens is 1. The summed E-state index contributed by atoms with van der Waals surface area (Å²) >= 11 is 0. The molecule has 0 atom stereocenters. The number of nitrogens with zero attached hydrogens (tertiary/aromatic N) is 2. The third kappa shape index (κ3) is 4.18. The van der Waals surface area contributed by atoms with Gasteiger partial charge < -0.3 is 4.90 Å². The molecule has 1 saturated heterocycles. The lowest BCUT2D eigenvalue weighted by molar-refractivity contribution is 0.600. The fourth-order valence-electron chi connectivity index (χ4n) is 3.73. The van der Waals surface area contributed by atoms with Crippen molar-refractivity contribution in [2.75, 3.05) is 22.7 Å². The molecule has 0 radical (unpaired) electrons. The van der Waals surface area contributed by atoms with E-state index in [2.05, 4.69) is 14.6 Å². The Labute approximate surface area is 156 Å². The van der Waals surface area contributed by atoms with E-state index >= 15 is 0 Å². The van der Waals surface area contributed by atoms with Crippen LogP contribution >= 0.6 is 0 Å². The molecule has 1 aromatic carbocycles. The van der Waals surface area contributed by atoms with Crippen LogP contribution < -0.4 is 9.62 Å². The average Bonchev–Trinajstić information content (AvgIpc) is 2.83. The summed E-state index contributed by atoms with van der Waals surface area (Å²) in [5.41, 5.74) is 3.05. The van der Waals surface area contributed by atoms with E-state index in [0.717, 1.165) is 35.6 Å². The molecule has 1 aliphatic rings. The second-order valence-electron chi connectivity index (χ2n) is 7.14. The zero-order chi connectivity index (χ0) is 18.7. The van der Waals surface area contributed by atoms with Gasteiger partial charge in [0.1, 0.15) is 5.82 Å². The summed E-state index contributed by atoms with van der Waals surface area (Å²) in [5, 5.41) is 0. The van der Waals surface area contributed by atoms with E-state index in [1.54, 1.807) is 12.3 Å². The van der Waals surface area contributed by atoms with Gasteiger partial charge in [0.05, 0.1) is 16.8 Å². The lowest BCUT2D eigenvalue weighted by Crippen LogP contribution is -2.24. The van der Waals surface area contributed by atoms with Crippen LogP contribution in [0.2, 0.25) is 0 Å². The predicted octanol–water partition coefficient (Wildman–Crippen LogP) is 4.19. The van der Waals surface area contributed by atoms with E-state index in [1.165, 1.54) is 25.7 Å². The van der Waals surface area contributed by atoms with Crippen molar-refractivity contribution in [2.24, 2.45) is 0 Å². The Morgan fingerprint density at radius 3 is 2.12 bits per heavy atom. The molecule has 2 aromatic rings. The fourth-order valence-corrected chi connectivity index (χ4v) is 5.23. The highest BCUT2D eigenvalue weighted by molar-refractivity contribution is 7.92. The molecular weight excluding hydrogens is 346 g/mol. The molecule has 1 aliphatic heterocycles. The maximum absolute atomic E-state index is 12.8. The first-order valence-corrected chi connectivity index (χ1v) is 10.7. The van der Waals surface area contributed by atoms with E-state index < -0.39 is 10.0 Å². The van der Waals surface area contributed by atoms with Gasteiger partial charge in [0, 0.05) is 13.1 Å². The van der Waals surface area contributed by atoms with Crippen LogP contribution in [0.25, 0.3) is 0 Å². The van der Waals surface area contributed by atoms with Crippen LogP contribution in [0.4, 0.5) is 11.5 Å². The van der Waals surface area contributed by atoms with E-state index in [4.69, 9.17) is 0 Å². The number of sulfonamides is 1. The third-order valence-electron chi connectivity index (χ3n) is 4.80. The zero-order valence-electron chi connectivity index (χ0n) is 15.7. The minimum absolute atomic E-state index is 0.347. The minimum atomic E-state index is -3.64. The number of hydrogen-bond acceptors (Lipinski definition) is 4. The number of rotatable bonds is 4. The molecule has 1 fully saturated rings. The molecule has 0 unspecified atom stereocenters. The number of hydrogen-bond donors (Lipinski definition) is 1. The second-order valence-corrected chi connectivity index (χ2v) is 8.76. The smallest absolute Gasteiger partial charge is 0.262 e. The molecule has 1 N–H and O–H groups in total. The highest BCUT2D eigenvalue weighted by Gasteiger charge is 2.20. The van der Waals surface area contributed by atoms with Crippen molar-refractivity contribution < 1.29 is 8.42 Å². The number of benzene rings is 1. The van der Waals surface area contributed by atoms with Crippen molar-refractivity contribution in [2.45, 2.75) is 51.3 Å². The Morgan fingerprint density at radius 1 is 0.962 bits per heavy atom. The van der Waals surface area contributed by atoms with E-state index in [9.17, 15) is 8.42 Å². The minimum Gasteiger partial charge on any atom is -0.357 e. The first-order valence-electron chi connectivity index (χ1n) is 9.18. The maximum atomic E-state index is 12.8. The van der Waals surface area contributed by atoms with E-state index in [-0.39, 0.29) is 0 Å². The summed E-state index contributed by atoms with van der Waals surface area (Å²) in [6.45, 7) is 7.65. The van der Waals surface area contributed by atoms with E-state index in [1.807, 2.05) is 39.0 Å². The summed E-state index contributed by atoms with van der Waals surface area (Å²) in [6, 6.07) is 7.48. The van der Waals surface area contributed by atoms with Crippen molar-refractivity contribution >= 4 is 21.5 Å². The highest BCUT2D eigenvalue weighted by Crippen LogP contribution is 2.25. The Kier molecular flexibility index (Phi) is 5.51. The highest BCUT2D eigenvalue weighted by atomic mass is 32.2. The van der Waals surface area contributed by atoms with Crippen LogP contribution in [-0.2, 0) is 10.0 Å². The molecule has 0 bridgehead atoms. The van der Waals surface area contributed by atoms with Gasteiger partial charge in [-0.3, -0.25) is 4.72 Å². The Morgan fingerprint density at radius 2 is 1.58 bits per heavy atom.